The summed E-state index contributed by atoms with van der Waals surface area (Å²) in [5.41, 5.74) is 0. The predicted octanol–water partition coefficient (Wildman–Crippen LogP) is -0.313. The largest absolute Gasteiger partial charge is 0.465 e. The van der Waals surface area contributed by atoms with Crippen LogP contribution in [0.5, 0.6) is 0 Å². The van der Waals surface area contributed by atoms with Crippen LogP contribution in [0.25, 0.3) is 0 Å². The van der Waals surface area contributed by atoms with Crippen LogP contribution in [0.3, 0.4) is 0 Å². The lowest BCUT2D eigenvalue weighted by molar-refractivity contribution is -0.139. The number of sulfone groups is 1. The maximum Gasteiger partial charge on any atom is 0.321 e. The Morgan fingerprint density at radius 2 is 2.00 bits per heavy atom. The molecule has 0 aromatic heterocycles. The summed E-state index contributed by atoms with van der Waals surface area (Å²) < 4.78 is 33.1. The fraction of sp³-hybridized carbons (Fsp3) is 0.909. The summed E-state index contributed by atoms with van der Waals surface area (Å²) in [4.78, 5) is 13.3. The Bertz CT molecular complexity index is 348. The molecule has 0 amide bonds. The molecule has 0 saturated carbocycles. The molecule has 0 N–H and O–H groups in total. The minimum atomic E-state index is -3.34. The van der Waals surface area contributed by atoms with Gasteiger partial charge < -0.3 is 9.47 Å². The molecule has 0 spiro atoms. The van der Waals surface area contributed by atoms with E-state index in [1.807, 2.05) is 0 Å². The first kappa shape index (κ1) is 15.4. The summed E-state index contributed by atoms with van der Waals surface area (Å²) >= 11 is 0. The minimum Gasteiger partial charge on any atom is -0.465 e. The van der Waals surface area contributed by atoms with Crippen LogP contribution in [0, 0.1) is 0 Å². The van der Waals surface area contributed by atoms with E-state index in [2.05, 4.69) is 9.64 Å². The quantitative estimate of drug-likeness (QED) is 0.595. The van der Waals surface area contributed by atoms with E-state index in [0.717, 1.165) is 19.6 Å². The van der Waals surface area contributed by atoms with E-state index in [1.54, 1.807) is 6.92 Å². The van der Waals surface area contributed by atoms with E-state index in [9.17, 15) is 13.2 Å². The molecular weight excluding hydrogens is 258 g/mol. The highest BCUT2D eigenvalue weighted by atomic mass is 32.2. The molecule has 1 rings (SSSR count). The number of esters is 1. The van der Waals surface area contributed by atoms with Crippen LogP contribution in [0.1, 0.15) is 13.3 Å². The lowest BCUT2D eigenvalue weighted by Gasteiger charge is -2.26. The third-order valence-electron chi connectivity index (χ3n) is 2.68. The van der Waals surface area contributed by atoms with Crippen LogP contribution in [0.2, 0.25) is 0 Å². The molecule has 6 nitrogen and oxygen atoms in total. The zero-order valence-corrected chi connectivity index (χ0v) is 11.6. The van der Waals surface area contributed by atoms with Gasteiger partial charge in [-0.15, -0.1) is 0 Å². The maximum atomic E-state index is 11.6. The number of carbonyl (C=O) groups excluding carboxylic acids is 1. The second-order valence-electron chi connectivity index (χ2n) is 4.20. The summed E-state index contributed by atoms with van der Waals surface area (Å²) in [7, 11) is -3.34. The van der Waals surface area contributed by atoms with Gasteiger partial charge >= 0.3 is 5.97 Å². The average Bonchev–Trinajstić information content (AvgIpc) is 2.29. The molecule has 1 saturated heterocycles. The molecule has 0 aromatic rings. The first-order chi connectivity index (χ1) is 8.53. The molecule has 1 fully saturated rings. The van der Waals surface area contributed by atoms with Crippen molar-refractivity contribution in [2.75, 3.05) is 51.0 Å². The smallest absolute Gasteiger partial charge is 0.321 e. The summed E-state index contributed by atoms with van der Waals surface area (Å²) in [6, 6.07) is 0. The maximum absolute atomic E-state index is 11.6. The standard InChI is InChI=1S/C11H21NO5S/c1-2-17-11(13)10-18(14,15)9-3-4-12-5-7-16-8-6-12/h2-10H2,1H3. The van der Waals surface area contributed by atoms with Crippen LogP contribution in [-0.4, -0.2) is 70.2 Å². The lowest BCUT2D eigenvalue weighted by atomic mass is 10.4. The van der Waals surface area contributed by atoms with Crippen molar-refractivity contribution in [2.24, 2.45) is 0 Å². The van der Waals surface area contributed by atoms with Gasteiger partial charge in [0, 0.05) is 13.1 Å². The fourth-order valence-electron chi connectivity index (χ4n) is 1.79. The average molecular weight is 279 g/mol. The predicted molar refractivity (Wildman–Crippen MR) is 67.2 cm³/mol. The SMILES string of the molecule is CCOC(=O)CS(=O)(=O)CCCN1CCOCC1. The summed E-state index contributed by atoms with van der Waals surface area (Å²) in [5.74, 6) is -1.14. The van der Waals surface area contributed by atoms with Gasteiger partial charge in [0.15, 0.2) is 9.84 Å². The van der Waals surface area contributed by atoms with E-state index < -0.39 is 21.6 Å². The van der Waals surface area contributed by atoms with Gasteiger partial charge in [-0.3, -0.25) is 9.69 Å². The van der Waals surface area contributed by atoms with Crippen LogP contribution in [0.15, 0.2) is 0 Å². The van der Waals surface area contributed by atoms with Crippen LogP contribution in [0.4, 0.5) is 0 Å². The molecule has 0 bridgehead atoms. The van der Waals surface area contributed by atoms with Gasteiger partial charge in [0.1, 0.15) is 5.75 Å². The van der Waals surface area contributed by atoms with E-state index in [1.165, 1.54) is 0 Å². The number of morpholine rings is 1. The number of ether oxygens (including phenoxy) is 2. The molecule has 0 unspecified atom stereocenters. The second-order valence-corrected chi connectivity index (χ2v) is 6.39. The van der Waals surface area contributed by atoms with Crippen LogP contribution < -0.4 is 0 Å². The summed E-state index contributed by atoms with van der Waals surface area (Å²) in [5, 5.41) is 0. The van der Waals surface area contributed by atoms with Crippen molar-refractivity contribution in [3.63, 3.8) is 0 Å². The minimum absolute atomic E-state index is 0.0309. The normalized spacial score (nSPS) is 17.6. The number of hydrogen-bond acceptors (Lipinski definition) is 6. The molecule has 0 atom stereocenters. The van der Waals surface area contributed by atoms with Crippen molar-refractivity contribution in [1.82, 2.24) is 4.90 Å². The van der Waals surface area contributed by atoms with E-state index in [4.69, 9.17) is 4.74 Å². The van der Waals surface area contributed by atoms with Crippen molar-refractivity contribution >= 4 is 15.8 Å². The van der Waals surface area contributed by atoms with E-state index in [0.29, 0.717) is 19.6 Å². The van der Waals surface area contributed by atoms with Crippen LogP contribution in [-0.2, 0) is 24.1 Å². The zero-order chi connectivity index (χ0) is 13.4. The zero-order valence-electron chi connectivity index (χ0n) is 10.8. The Morgan fingerprint density at radius 1 is 1.33 bits per heavy atom. The lowest BCUT2D eigenvalue weighted by Crippen LogP contribution is -2.37. The second kappa shape index (κ2) is 7.70. The van der Waals surface area contributed by atoms with E-state index >= 15 is 0 Å². The van der Waals surface area contributed by atoms with Gasteiger partial charge in [-0.25, -0.2) is 8.42 Å². The number of carbonyl (C=O) groups is 1. The van der Waals surface area contributed by atoms with Crippen molar-refractivity contribution < 1.29 is 22.7 Å². The van der Waals surface area contributed by atoms with E-state index in [-0.39, 0.29) is 12.4 Å². The Kier molecular flexibility index (Phi) is 6.59. The first-order valence-corrected chi connectivity index (χ1v) is 8.02. The summed E-state index contributed by atoms with van der Waals surface area (Å²) in [6.45, 7) is 5.69. The van der Waals surface area contributed by atoms with Gasteiger partial charge in [0.25, 0.3) is 0 Å². The number of nitrogens with zero attached hydrogens (tertiary/aromatic N) is 1. The molecule has 0 radical (unpaired) electrons. The van der Waals surface area contributed by atoms with Gasteiger partial charge in [0.05, 0.1) is 25.6 Å². The molecule has 106 valence electrons. The van der Waals surface area contributed by atoms with Gasteiger partial charge in [0.2, 0.25) is 0 Å². The summed E-state index contributed by atoms with van der Waals surface area (Å²) in [6.07, 6.45) is 0.543. The van der Waals surface area contributed by atoms with Crippen molar-refractivity contribution in [3.05, 3.63) is 0 Å². The van der Waals surface area contributed by atoms with Crippen molar-refractivity contribution in [2.45, 2.75) is 13.3 Å². The number of hydrogen-bond donors (Lipinski definition) is 0. The topological polar surface area (TPSA) is 72.9 Å². The van der Waals surface area contributed by atoms with Crippen LogP contribution >= 0.6 is 0 Å². The molecular formula is C11H21NO5S. The third kappa shape index (κ3) is 6.32. The molecule has 1 aliphatic rings. The molecule has 7 heteroatoms. The Hall–Kier alpha value is -0.660. The first-order valence-electron chi connectivity index (χ1n) is 6.19. The monoisotopic (exact) mass is 279 g/mol. The van der Waals surface area contributed by atoms with Gasteiger partial charge in [-0.2, -0.15) is 0 Å². The van der Waals surface area contributed by atoms with Crippen molar-refractivity contribution in [3.8, 4) is 0 Å². The van der Waals surface area contributed by atoms with Gasteiger partial charge in [-0.05, 0) is 19.9 Å². The van der Waals surface area contributed by atoms with Crippen molar-refractivity contribution in [1.29, 1.82) is 0 Å². The highest BCUT2D eigenvalue weighted by molar-refractivity contribution is 7.92. The molecule has 1 heterocycles. The molecule has 1 aliphatic heterocycles. The number of rotatable bonds is 7. The fourth-order valence-corrected chi connectivity index (χ4v) is 2.94. The molecule has 0 aromatic carbocycles. The van der Waals surface area contributed by atoms with Gasteiger partial charge in [-0.1, -0.05) is 0 Å². The molecule has 18 heavy (non-hydrogen) atoms. The Balaban J connectivity index is 2.22. The Morgan fingerprint density at radius 3 is 2.61 bits per heavy atom. The molecule has 0 aliphatic carbocycles. The highest BCUT2D eigenvalue weighted by Crippen LogP contribution is 2.01. The Labute approximate surface area is 108 Å². The third-order valence-corrected chi connectivity index (χ3v) is 4.26. The highest BCUT2D eigenvalue weighted by Gasteiger charge is 2.18.